The van der Waals surface area contributed by atoms with Gasteiger partial charge in [-0.05, 0) is 6.92 Å². The van der Waals surface area contributed by atoms with Gasteiger partial charge in [-0.2, -0.15) is 0 Å². The standard InChI is InChI=1S/C18H32N4O8/c1-14(18(29)30)21-5-3-19(11-15(23)24)7-9-22(2,13-17(27)28)10-8-20(4-6-21)12-16(25)26/h14H,3-13H2,1-2H3,(H3-,23,24,25,26,27,28,29,30)/p+1. The summed E-state index contributed by atoms with van der Waals surface area (Å²) in [6.07, 6.45) is 0. The fourth-order valence-corrected chi connectivity index (χ4v) is 3.48. The molecule has 1 aliphatic rings. The Balaban J connectivity index is 3.09. The van der Waals surface area contributed by atoms with Crippen LogP contribution in [0.5, 0.6) is 0 Å². The summed E-state index contributed by atoms with van der Waals surface area (Å²) in [5.41, 5.74) is 0. The van der Waals surface area contributed by atoms with Gasteiger partial charge < -0.3 is 24.9 Å². The lowest BCUT2D eigenvalue weighted by molar-refractivity contribution is -0.901. The lowest BCUT2D eigenvalue weighted by Crippen LogP contribution is -2.57. The molecule has 1 fully saturated rings. The molecule has 0 aromatic heterocycles. The Labute approximate surface area is 175 Å². The third-order valence-electron chi connectivity index (χ3n) is 5.46. The van der Waals surface area contributed by atoms with E-state index in [1.54, 1.807) is 21.7 Å². The first-order valence-electron chi connectivity index (χ1n) is 9.82. The highest BCUT2D eigenvalue weighted by molar-refractivity contribution is 5.73. The Hall–Kier alpha value is -2.28. The summed E-state index contributed by atoms with van der Waals surface area (Å²) in [5.74, 6) is -4.03. The van der Waals surface area contributed by atoms with Crippen molar-refractivity contribution >= 4 is 23.9 Å². The van der Waals surface area contributed by atoms with Gasteiger partial charge in [0.25, 0.3) is 0 Å². The van der Waals surface area contributed by atoms with Gasteiger partial charge in [0.05, 0.1) is 33.2 Å². The molecule has 12 heteroatoms. The molecule has 0 saturated carbocycles. The predicted octanol–water partition coefficient (Wildman–Crippen LogP) is -1.92. The second-order valence-electron chi connectivity index (χ2n) is 8.01. The van der Waals surface area contributed by atoms with Crippen molar-refractivity contribution in [3.8, 4) is 0 Å². The molecule has 1 heterocycles. The Bertz CT molecular complexity index is 597. The molecule has 0 spiro atoms. The molecule has 1 rings (SSSR count). The van der Waals surface area contributed by atoms with Crippen molar-refractivity contribution in [2.24, 2.45) is 0 Å². The molecule has 1 unspecified atom stereocenters. The fraction of sp³-hybridized carbons (Fsp3) is 0.778. The summed E-state index contributed by atoms with van der Waals surface area (Å²) in [7, 11) is 1.76. The molecule has 30 heavy (non-hydrogen) atoms. The average molecular weight is 433 g/mol. The molecule has 172 valence electrons. The quantitative estimate of drug-likeness (QED) is 0.316. The van der Waals surface area contributed by atoms with Gasteiger partial charge in [0, 0.05) is 39.3 Å². The summed E-state index contributed by atoms with van der Waals surface area (Å²) in [6, 6.07) is -0.806. The van der Waals surface area contributed by atoms with Crippen LogP contribution in [-0.4, -0.2) is 149 Å². The Morgan fingerprint density at radius 1 is 0.767 bits per heavy atom. The number of hydrogen-bond acceptors (Lipinski definition) is 7. The normalized spacial score (nSPS) is 21.1. The van der Waals surface area contributed by atoms with Crippen LogP contribution in [0.3, 0.4) is 0 Å². The number of quaternary nitrogens is 1. The van der Waals surface area contributed by atoms with E-state index in [0.29, 0.717) is 52.4 Å². The second-order valence-corrected chi connectivity index (χ2v) is 8.01. The largest absolute Gasteiger partial charge is 0.480 e. The van der Waals surface area contributed by atoms with Crippen molar-refractivity contribution in [2.75, 3.05) is 79.0 Å². The molecule has 0 aromatic rings. The topological polar surface area (TPSA) is 159 Å². The molecule has 0 aromatic carbocycles. The molecule has 1 saturated heterocycles. The van der Waals surface area contributed by atoms with Crippen LogP contribution in [0.2, 0.25) is 0 Å². The van der Waals surface area contributed by atoms with Gasteiger partial charge in [-0.3, -0.25) is 29.1 Å². The van der Waals surface area contributed by atoms with E-state index < -0.39 is 29.9 Å². The minimum absolute atomic E-state index is 0.136. The molecule has 0 aliphatic carbocycles. The van der Waals surface area contributed by atoms with Gasteiger partial charge in [-0.25, -0.2) is 4.79 Å². The molecule has 12 nitrogen and oxygen atoms in total. The van der Waals surface area contributed by atoms with Gasteiger partial charge >= 0.3 is 23.9 Å². The van der Waals surface area contributed by atoms with E-state index in [1.165, 1.54) is 6.92 Å². The SMILES string of the molecule is CC(C(=O)O)N1CCN(CC(=O)O)CC[N+](C)(CC(=O)O)CCN(CC(=O)O)CC1. The van der Waals surface area contributed by atoms with Gasteiger partial charge in [-0.15, -0.1) is 0 Å². The molecular weight excluding hydrogens is 400 g/mol. The summed E-state index contributed by atoms with van der Waals surface area (Å²) in [5, 5.41) is 37.1. The van der Waals surface area contributed by atoms with E-state index in [2.05, 4.69) is 0 Å². The van der Waals surface area contributed by atoms with Crippen LogP contribution in [0, 0.1) is 0 Å². The number of aliphatic carboxylic acids is 4. The van der Waals surface area contributed by atoms with Crippen LogP contribution in [0.1, 0.15) is 6.92 Å². The van der Waals surface area contributed by atoms with Gasteiger partial charge in [0.1, 0.15) is 6.04 Å². The van der Waals surface area contributed by atoms with Crippen molar-refractivity contribution in [2.45, 2.75) is 13.0 Å². The lowest BCUT2D eigenvalue weighted by Gasteiger charge is -2.38. The van der Waals surface area contributed by atoms with Crippen LogP contribution >= 0.6 is 0 Å². The Morgan fingerprint density at radius 2 is 1.20 bits per heavy atom. The lowest BCUT2D eigenvalue weighted by atomic mass is 10.2. The van der Waals surface area contributed by atoms with E-state index in [-0.39, 0.29) is 24.1 Å². The third kappa shape index (κ3) is 9.48. The second kappa shape index (κ2) is 11.8. The number of rotatable bonds is 8. The number of nitrogens with zero attached hydrogens (tertiary/aromatic N) is 4. The highest BCUT2D eigenvalue weighted by atomic mass is 16.4. The molecule has 0 radical (unpaired) electrons. The van der Waals surface area contributed by atoms with Crippen LogP contribution in [0.4, 0.5) is 0 Å². The van der Waals surface area contributed by atoms with E-state index >= 15 is 0 Å². The maximum absolute atomic E-state index is 11.5. The Kier molecular flexibility index (Phi) is 10.1. The molecule has 4 N–H and O–H groups in total. The average Bonchev–Trinajstić information content (AvgIpc) is 2.60. The van der Waals surface area contributed by atoms with E-state index in [1.807, 2.05) is 0 Å². The summed E-state index contributed by atoms with van der Waals surface area (Å²) >= 11 is 0. The van der Waals surface area contributed by atoms with Crippen molar-refractivity contribution < 1.29 is 44.1 Å². The third-order valence-corrected chi connectivity index (χ3v) is 5.46. The van der Waals surface area contributed by atoms with Crippen LogP contribution in [-0.2, 0) is 19.2 Å². The zero-order valence-electron chi connectivity index (χ0n) is 17.6. The van der Waals surface area contributed by atoms with Crippen LogP contribution in [0.15, 0.2) is 0 Å². The minimum atomic E-state index is -1.01. The van der Waals surface area contributed by atoms with Crippen LogP contribution < -0.4 is 0 Å². The minimum Gasteiger partial charge on any atom is -0.480 e. The maximum Gasteiger partial charge on any atom is 0.359 e. The first kappa shape index (κ1) is 25.8. The zero-order chi connectivity index (χ0) is 22.9. The van der Waals surface area contributed by atoms with Gasteiger partial charge in [-0.1, -0.05) is 0 Å². The molecule has 1 atom stereocenters. The first-order valence-corrected chi connectivity index (χ1v) is 9.82. The molecule has 0 amide bonds. The number of carbonyl (C=O) groups is 4. The van der Waals surface area contributed by atoms with Crippen molar-refractivity contribution in [1.82, 2.24) is 14.7 Å². The highest BCUT2D eigenvalue weighted by Crippen LogP contribution is 2.08. The number of carboxylic acids is 4. The van der Waals surface area contributed by atoms with Crippen LogP contribution in [0.25, 0.3) is 0 Å². The number of hydrogen-bond donors (Lipinski definition) is 4. The summed E-state index contributed by atoms with van der Waals surface area (Å²) in [6.45, 7) is 3.50. The zero-order valence-corrected chi connectivity index (χ0v) is 17.6. The fourth-order valence-electron chi connectivity index (χ4n) is 3.48. The van der Waals surface area contributed by atoms with Crippen molar-refractivity contribution in [3.63, 3.8) is 0 Å². The summed E-state index contributed by atoms with van der Waals surface area (Å²) < 4.78 is 0.136. The summed E-state index contributed by atoms with van der Waals surface area (Å²) in [4.78, 5) is 50.4. The smallest absolute Gasteiger partial charge is 0.359 e. The molecule has 0 bridgehead atoms. The molecular formula is C18H33N4O8+. The molecule has 1 aliphatic heterocycles. The van der Waals surface area contributed by atoms with Crippen molar-refractivity contribution in [1.29, 1.82) is 0 Å². The van der Waals surface area contributed by atoms with Crippen molar-refractivity contribution in [3.05, 3.63) is 0 Å². The number of likely N-dealkylation sites (N-methyl/N-ethyl adjacent to an activating group) is 1. The number of carboxylic acid groups (broad SMARTS) is 4. The van der Waals surface area contributed by atoms with E-state index in [4.69, 9.17) is 0 Å². The Morgan fingerprint density at radius 3 is 1.53 bits per heavy atom. The highest BCUT2D eigenvalue weighted by Gasteiger charge is 2.30. The predicted molar refractivity (Wildman–Crippen MR) is 105 cm³/mol. The van der Waals surface area contributed by atoms with Gasteiger partial charge in [0.15, 0.2) is 6.54 Å². The first-order chi connectivity index (χ1) is 13.9. The van der Waals surface area contributed by atoms with E-state index in [0.717, 1.165) is 0 Å². The monoisotopic (exact) mass is 433 g/mol. The van der Waals surface area contributed by atoms with Gasteiger partial charge in [0.2, 0.25) is 0 Å². The van der Waals surface area contributed by atoms with E-state index in [9.17, 15) is 39.6 Å². The maximum atomic E-state index is 11.5.